The number of para-hydroxylation sites is 1. The topological polar surface area (TPSA) is 26.2 Å². The van der Waals surface area contributed by atoms with Crippen LogP contribution < -0.4 is 5.32 Å². The average molecular weight is 265 g/mol. The van der Waals surface area contributed by atoms with Crippen LogP contribution in [0.2, 0.25) is 5.02 Å². The van der Waals surface area contributed by atoms with Crippen molar-refractivity contribution in [2.24, 2.45) is 7.05 Å². The minimum atomic E-state index is 0.169. The second-order valence-corrected chi connectivity index (χ2v) is 5.14. The van der Waals surface area contributed by atoms with E-state index in [1.54, 1.807) is 0 Å². The second kappa shape index (κ2) is 4.92. The van der Waals surface area contributed by atoms with Gasteiger partial charge in [0.25, 0.3) is 0 Å². The maximum absolute atomic E-state index is 6.27. The lowest BCUT2D eigenvalue weighted by molar-refractivity contribution is 0.0653. The van der Waals surface area contributed by atoms with E-state index < -0.39 is 0 Å². The van der Waals surface area contributed by atoms with Crippen molar-refractivity contribution in [3.8, 4) is 0 Å². The normalized spacial score (nSPS) is 21.1. The number of halogens is 1. The smallest absolute Gasteiger partial charge is 0.0858 e. The van der Waals surface area contributed by atoms with Crippen LogP contribution in [-0.4, -0.2) is 24.3 Å². The van der Waals surface area contributed by atoms with Crippen molar-refractivity contribution in [3.63, 3.8) is 0 Å². The summed E-state index contributed by atoms with van der Waals surface area (Å²) >= 11 is 6.27. The molecule has 96 valence electrons. The molecule has 2 heterocycles. The molecular formula is C14H17ClN2O. The van der Waals surface area contributed by atoms with Gasteiger partial charge in [-0.15, -0.1) is 0 Å². The third-order valence-electron chi connectivity index (χ3n) is 3.51. The van der Waals surface area contributed by atoms with E-state index in [0.717, 1.165) is 36.7 Å². The molecule has 18 heavy (non-hydrogen) atoms. The first kappa shape index (κ1) is 12.0. The van der Waals surface area contributed by atoms with Gasteiger partial charge >= 0.3 is 0 Å². The van der Waals surface area contributed by atoms with Gasteiger partial charge in [0.1, 0.15) is 0 Å². The molecule has 1 atom stereocenters. The molecule has 0 spiro atoms. The Bertz CT molecular complexity index is 556. The molecule has 0 bridgehead atoms. The molecule has 3 nitrogen and oxygen atoms in total. The lowest BCUT2D eigenvalue weighted by atomic mass is 10.1. The van der Waals surface area contributed by atoms with Gasteiger partial charge in [0.2, 0.25) is 0 Å². The average Bonchev–Trinajstić information content (AvgIpc) is 2.56. The molecule has 0 aliphatic carbocycles. The first-order chi connectivity index (χ1) is 8.77. The second-order valence-electron chi connectivity index (χ2n) is 4.73. The van der Waals surface area contributed by atoms with Crippen LogP contribution in [0.5, 0.6) is 0 Å². The summed E-state index contributed by atoms with van der Waals surface area (Å²) in [5.74, 6) is 0. The highest BCUT2D eigenvalue weighted by atomic mass is 35.5. The van der Waals surface area contributed by atoms with Crippen molar-refractivity contribution in [3.05, 3.63) is 35.0 Å². The van der Waals surface area contributed by atoms with Gasteiger partial charge in [0.05, 0.1) is 23.3 Å². The molecule has 1 aromatic heterocycles. The Kier molecular flexibility index (Phi) is 3.29. The molecule has 0 saturated carbocycles. The number of ether oxygens (including phenoxy) is 1. The summed E-state index contributed by atoms with van der Waals surface area (Å²) in [6.45, 7) is 2.70. The minimum Gasteiger partial charge on any atom is -0.372 e. The molecule has 1 aliphatic heterocycles. The van der Waals surface area contributed by atoms with E-state index in [0.29, 0.717) is 0 Å². The van der Waals surface area contributed by atoms with Gasteiger partial charge in [-0.2, -0.15) is 0 Å². The van der Waals surface area contributed by atoms with E-state index >= 15 is 0 Å². The fourth-order valence-electron chi connectivity index (χ4n) is 2.67. The van der Waals surface area contributed by atoms with Gasteiger partial charge < -0.3 is 14.6 Å². The van der Waals surface area contributed by atoms with E-state index in [-0.39, 0.29) is 6.10 Å². The van der Waals surface area contributed by atoms with Crippen LogP contribution in [0.15, 0.2) is 24.4 Å². The van der Waals surface area contributed by atoms with Gasteiger partial charge in [-0.3, -0.25) is 0 Å². The van der Waals surface area contributed by atoms with Gasteiger partial charge in [0, 0.05) is 30.7 Å². The first-order valence-electron chi connectivity index (χ1n) is 6.33. The SMILES string of the molecule is Cn1cc(C2CCNCCO2)c2cccc(Cl)c21. The van der Waals surface area contributed by atoms with Crippen molar-refractivity contribution in [2.45, 2.75) is 12.5 Å². The minimum absolute atomic E-state index is 0.169. The summed E-state index contributed by atoms with van der Waals surface area (Å²) in [5.41, 5.74) is 2.34. The predicted octanol–water partition coefficient (Wildman–Crippen LogP) is 2.88. The van der Waals surface area contributed by atoms with Crippen molar-refractivity contribution in [2.75, 3.05) is 19.7 Å². The molecule has 1 saturated heterocycles. The summed E-state index contributed by atoms with van der Waals surface area (Å²) in [5, 5.41) is 5.36. The van der Waals surface area contributed by atoms with Gasteiger partial charge in [-0.25, -0.2) is 0 Å². The lowest BCUT2D eigenvalue weighted by Gasteiger charge is -2.13. The Labute approximate surface area is 112 Å². The number of nitrogens with one attached hydrogen (secondary N) is 1. The number of hydrogen-bond donors (Lipinski definition) is 1. The Balaban J connectivity index is 2.08. The highest BCUT2D eigenvalue weighted by Gasteiger charge is 2.20. The molecular weight excluding hydrogens is 248 g/mol. The Morgan fingerprint density at radius 2 is 2.28 bits per heavy atom. The van der Waals surface area contributed by atoms with Crippen LogP contribution in [-0.2, 0) is 11.8 Å². The Morgan fingerprint density at radius 1 is 1.39 bits per heavy atom. The Hall–Kier alpha value is -1.03. The lowest BCUT2D eigenvalue weighted by Crippen LogP contribution is -2.16. The first-order valence-corrected chi connectivity index (χ1v) is 6.71. The standard InChI is InChI=1S/C14H17ClN2O/c1-17-9-11(13-5-6-16-7-8-18-13)10-3-2-4-12(15)14(10)17/h2-4,9,13,16H,5-8H2,1H3. The van der Waals surface area contributed by atoms with Crippen LogP contribution in [0.25, 0.3) is 10.9 Å². The molecule has 1 fully saturated rings. The number of aryl methyl sites for hydroxylation is 1. The zero-order chi connectivity index (χ0) is 12.5. The monoisotopic (exact) mass is 264 g/mol. The van der Waals surface area contributed by atoms with E-state index in [1.807, 2.05) is 19.2 Å². The zero-order valence-corrected chi connectivity index (χ0v) is 11.2. The summed E-state index contributed by atoms with van der Waals surface area (Å²) in [4.78, 5) is 0. The van der Waals surface area contributed by atoms with E-state index in [1.165, 1.54) is 10.9 Å². The van der Waals surface area contributed by atoms with Crippen LogP contribution in [0.4, 0.5) is 0 Å². The quantitative estimate of drug-likeness (QED) is 0.857. The highest BCUT2D eigenvalue weighted by Crippen LogP contribution is 2.33. The van der Waals surface area contributed by atoms with Gasteiger partial charge in [-0.05, 0) is 19.0 Å². The fraction of sp³-hybridized carbons (Fsp3) is 0.429. The number of fused-ring (bicyclic) bond motifs is 1. The van der Waals surface area contributed by atoms with E-state index in [4.69, 9.17) is 16.3 Å². The van der Waals surface area contributed by atoms with Gasteiger partial charge in [0.15, 0.2) is 0 Å². The third-order valence-corrected chi connectivity index (χ3v) is 3.82. The largest absolute Gasteiger partial charge is 0.372 e. The van der Waals surface area contributed by atoms with E-state index in [9.17, 15) is 0 Å². The molecule has 2 aromatic rings. The summed E-state index contributed by atoms with van der Waals surface area (Å²) in [6.07, 6.45) is 3.32. The molecule has 0 amide bonds. The highest BCUT2D eigenvalue weighted by molar-refractivity contribution is 6.35. The number of rotatable bonds is 1. The number of aromatic nitrogens is 1. The number of benzene rings is 1. The third kappa shape index (κ3) is 2.03. The van der Waals surface area contributed by atoms with Crippen molar-refractivity contribution in [1.82, 2.24) is 9.88 Å². The van der Waals surface area contributed by atoms with Gasteiger partial charge in [-0.1, -0.05) is 23.7 Å². The molecule has 4 heteroatoms. The van der Waals surface area contributed by atoms with Crippen molar-refractivity contribution >= 4 is 22.5 Å². The summed E-state index contributed by atoms with van der Waals surface area (Å²) in [7, 11) is 2.03. The predicted molar refractivity (Wildman–Crippen MR) is 74.1 cm³/mol. The van der Waals surface area contributed by atoms with Crippen LogP contribution in [0.1, 0.15) is 18.1 Å². The van der Waals surface area contributed by atoms with Crippen molar-refractivity contribution in [1.29, 1.82) is 0 Å². The zero-order valence-electron chi connectivity index (χ0n) is 10.4. The molecule has 0 radical (unpaired) electrons. The summed E-state index contributed by atoms with van der Waals surface area (Å²) < 4.78 is 8.02. The molecule has 3 rings (SSSR count). The van der Waals surface area contributed by atoms with E-state index in [2.05, 4.69) is 22.1 Å². The van der Waals surface area contributed by atoms with Crippen LogP contribution in [0.3, 0.4) is 0 Å². The maximum atomic E-state index is 6.27. The summed E-state index contributed by atoms with van der Waals surface area (Å²) in [6, 6.07) is 6.06. The molecule has 1 aromatic carbocycles. The molecule has 1 unspecified atom stereocenters. The Morgan fingerprint density at radius 3 is 3.17 bits per heavy atom. The molecule has 1 aliphatic rings. The maximum Gasteiger partial charge on any atom is 0.0858 e. The van der Waals surface area contributed by atoms with Crippen LogP contribution in [0, 0.1) is 0 Å². The van der Waals surface area contributed by atoms with Crippen molar-refractivity contribution < 1.29 is 4.74 Å². The number of hydrogen-bond acceptors (Lipinski definition) is 2. The fourth-order valence-corrected chi connectivity index (χ4v) is 2.97. The number of nitrogens with zero attached hydrogens (tertiary/aromatic N) is 1. The molecule has 1 N–H and O–H groups in total. The van der Waals surface area contributed by atoms with Crippen LogP contribution >= 0.6 is 11.6 Å².